The van der Waals surface area contributed by atoms with E-state index in [4.69, 9.17) is 4.74 Å². The van der Waals surface area contributed by atoms with E-state index in [9.17, 15) is 0 Å². The maximum absolute atomic E-state index is 6.13. The molecule has 2 heterocycles. The number of morpholine rings is 1. The molecule has 2 saturated heterocycles. The van der Waals surface area contributed by atoms with Crippen LogP contribution in [0.5, 0.6) is 0 Å². The van der Waals surface area contributed by atoms with Crippen molar-refractivity contribution in [1.82, 2.24) is 20.0 Å². The third-order valence-electron chi connectivity index (χ3n) is 6.49. The highest BCUT2D eigenvalue weighted by molar-refractivity contribution is 14.0. The van der Waals surface area contributed by atoms with E-state index >= 15 is 0 Å². The fourth-order valence-corrected chi connectivity index (χ4v) is 4.84. The van der Waals surface area contributed by atoms with Gasteiger partial charge in [0, 0.05) is 58.4 Å². The van der Waals surface area contributed by atoms with Crippen LogP contribution in [-0.4, -0.2) is 91.3 Å². The number of nitrogens with one attached hydrogen (secondary N) is 1. The predicted molar refractivity (Wildman–Crippen MR) is 134 cm³/mol. The molecule has 0 amide bonds. The molecular weight excluding hydrogens is 489 g/mol. The van der Waals surface area contributed by atoms with Crippen molar-refractivity contribution in [3.05, 3.63) is 35.9 Å². The van der Waals surface area contributed by atoms with Crippen molar-refractivity contribution >= 4 is 29.9 Å². The first-order valence-corrected chi connectivity index (χ1v) is 11.3. The Bertz CT molecular complexity index is 679. The molecule has 1 N–H and O–H groups in total. The summed E-state index contributed by atoms with van der Waals surface area (Å²) < 4.78 is 6.13. The Balaban J connectivity index is 0.00000256. The van der Waals surface area contributed by atoms with Gasteiger partial charge < -0.3 is 15.0 Å². The first-order valence-electron chi connectivity index (χ1n) is 11.3. The summed E-state index contributed by atoms with van der Waals surface area (Å²) in [6.45, 7) is 11.4. The maximum Gasteiger partial charge on any atom is 0.193 e. The number of halogens is 1. The van der Waals surface area contributed by atoms with Gasteiger partial charge in [-0.15, -0.1) is 24.0 Å². The summed E-state index contributed by atoms with van der Waals surface area (Å²) in [5.41, 5.74) is 1.38. The molecule has 2 unspecified atom stereocenters. The predicted octanol–water partition coefficient (Wildman–Crippen LogP) is 2.64. The van der Waals surface area contributed by atoms with Gasteiger partial charge in [-0.25, -0.2) is 0 Å². The van der Waals surface area contributed by atoms with Gasteiger partial charge in [-0.2, -0.15) is 0 Å². The van der Waals surface area contributed by atoms with Crippen LogP contribution in [0.2, 0.25) is 0 Å². The molecule has 0 bridgehead atoms. The first-order chi connectivity index (χ1) is 14.2. The zero-order valence-corrected chi connectivity index (χ0v) is 21.0. The van der Waals surface area contributed by atoms with Gasteiger partial charge in [0.15, 0.2) is 5.96 Å². The lowest BCUT2D eigenvalue weighted by molar-refractivity contribution is -0.0502. The Morgan fingerprint density at radius 2 is 2.00 bits per heavy atom. The van der Waals surface area contributed by atoms with Gasteiger partial charge in [-0.05, 0) is 32.3 Å². The van der Waals surface area contributed by atoms with Crippen molar-refractivity contribution in [3.8, 4) is 0 Å². The smallest absolute Gasteiger partial charge is 0.193 e. The largest absolute Gasteiger partial charge is 0.373 e. The highest BCUT2D eigenvalue weighted by Gasteiger charge is 2.41. The number of nitrogens with zero attached hydrogens (tertiary/aromatic N) is 4. The van der Waals surface area contributed by atoms with E-state index in [2.05, 4.69) is 69.2 Å². The van der Waals surface area contributed by atoms with E-state index in [-0.39, 0.29) is 30.1 Å². The van der Waals surface area contributed by atoms with Gasteiger partial charge in [0.05, 0.1) is 18.8 Å². The first kappa shape index (κ1) is 23.8. The van der Waals surface area contributed by atoms with Crippen LogP contribution in [0.3, 0.4) is 0 Å². The number of benzene rings is 1. The Kier molecular flexibility index (Phi) is 8.80. The summed E-state index contributed by atoms with van der Waals surface area (Å²) in [6, 6.07) is 12.6. The molecule has 1 saturated carbocycles. The maximum atomic E-state index is 6.13. The fourth-order valence-electron chi connectivity index (χ4n) is 4.84. The van der Waals surface area contributed by atoms with Crippen LogP contribution in [0.25, 0.3) is 0 Å². The number of aliphatic imine (C=N–C) groups is 1. The lowest BCUT2D eigenvalue weighted by Gasteiger charge is -2.36. The number of ether oxygens (including phenoxy) is 1. The summed E-state index contributed by atoms with van der Waals surface area (Å²) in [5.74, 6) is 1.02. The molecule has 3 fully saturated rings. The lowest BCUT2D eigenvalue weighted by Crippen LogP contribution is -2.50. The molecule has 0 spiro atoms. The molecule has 1 aliphatic carbocycles. The molecule has 2 aliphatic heterocycles. The van der Waals surface area contributed by atoms with Gasteiger partial charge in [0.25, 0.3) is 0 Å². The number of rotatable bonds is 7. The molecule has 0 radical (unpaired) electrons. The zero-order chi connectivity index (χ0) is 20.2. The van der Waals surface area contributed by atoms with Crippen LogP contribution in [0.1, 0.15) is 32.3 Å². The van der Waals surface area contributed by atoms with Crippen LogP contribution in [0, 0.1) is 0 Å². The van der Waals surface area contributed by atoms with E-state index < -0.39 is 0 Å². The summed E-state index contributed by atoms with van der Waals surface area (Å²) in [6.07, 6.45) is 2.98. The Morgan fingerprint density at radius 3 is 2.67 bits per heavy atom. The molecule has 30 heavy (non-hydrogen) atoms. The molecule has 0 aromatic heterocycles. The van der Waals surface area contributed by atoms with Crippen LogP contribution >= 0.6 is 24.0 Å². The van der Waals surface area contributed by atoms with Crippen LogP contribution in [0.4, 0.5) is 0 Å². The van der Waals surface area contributed by atoms with Crippen molar-refractivity contribution < 1.29 is 4.74 Å². The number of likely N-dealkylation sites (tertiary alicyclic amines) is 1. The number of fused-ring (bicyclic) bond motifs is 1. The SMILES string of the molecule is CN=C(NCCN(C(C)C)C1CC1)N1CC2OCCN(Cc3ccccc3)C2C1.I. The summed E-state index contributed by atoms with van der Waals surface area (Å²) in [5, 5.41) is 3.61. The van der Waals surface area contributed by atoms with Crippen molar-refractivity contribution in [2.75, 3.05) is 46.4 Å². The quantitative estimate of drug-likeness (QED) is 0.336. The molecule has 1 aromatic rings. The topological polar surface area (TPSA) is 43.3 Å². The number of hydrogen-bond acceptors (Lipinski definition) is 4. The van der Waals surface area contributed by atoms with Crippen molar-refractivity contribution in [3.63, 3.8) is 0 Å². The summed E-state index contributed by atoms with van der Waals surface area (Å²) >= 11 is 0. The van der Waals surface area contributed by atoms with E-state index in [1.54, 1.807) is 0 Å². The van der Waals surface area contributed by atoms with Crippen LogP contribution in [0.15, 0.2) is 35.3 Å². The van der Waals surface area contributed by atoms with E-state index in [1.165, 1.54) is 18.4 Å². The molecule has 7 heteroatoms. The normalized spacial score (nSPS) is 24.8. The van der Waals surface area contributed by atoms with Crippen LogP contribution in [-0.2, 0) is 11.3 Å². The lowest BCUT2D eigenvalue weighted by atomic mass is 10.1. The minimum atomic E-state index is 0. The Hall–Kier alpha value is -0.900. The Labute approximate surface area is 199 Å². The monoisotopic (exact) mass is 527 g/mol. The fraction of sp³-hybridized carbons (Fsp3) is 0.696. The molecule has 3 aliphatic rings. The zero-order valence-electron chi connectivity index (χ0n) is 18.7. The van der Waals surface area contributed by atoms with Crippen molar-refractivity contribution in [2.24, 2.45) is 4.99 Å². The van der Waals surface area contributed by atoms with Crippen molar-refractivity contribution in [2.45, 2.75) is 57.5 Å². The third-order valence-corrected chi connectivity index (χ3v) is 6.49. The minimum absolute atomic E-state index is 0. The second kappa shape index (κ2) is 11.1. The van der Waals surface area contributed by atoms with E-state index in [0.717, 1.165) is 57.9 Å². The standard InChI is InChI=1S/C23H37N5O.HI/c1-18(2)28(20-9-10-20)12-11-25-23(24-3)27-16-21-22(17-27)29-14-13-26(21)15-19-7-5-4-6-8-19;/h4-8,18,20-22H,9-17H2,1-3H3,(H,24,25);1H. The second-order valence-electron chi connectivity index (χ2n) is 8.87. The molecule has 4 rings (SSSR count). The highest BCUT2D eigenvalue weighted by atomic mass is 127. The summed E-state index contributed by atoms with van der Waals surface area (Å²) in [7, 11) is 1.90. The van der Waals surface area contributed by atoms with Gasteiger partial charge in [-0.3, -0.25) is 14.8 Å². The Morgan fingerprint density at radius 1 is 1.23 bits per heavy atom. The number of guanidine groups is 1. The second-order valence-corrected chi connectivity index (χ2v) is 8.87. The van der Waals surface area contributed by atoms with E-state index in [1.807, 2.05) is 7.05 Å². The van der Waals surface area contributed by atoms with Gasteiger partial charge >= 0.3 is 0 Å². The number of hydrogen-bond donors (Lipinski definition) is 1. The molecule has 2 atom stereocenters. The van der Waals surface area contributed by atoms with Gasteiger partial charge in [0.2, 0.25) is 0 Å². The average Bonchev–Trinajstić information content (AvgIpc) is 3.46. The molecular formula is C23H38IN5O. The van der Waals surface area contributed by atoms with Crippen molar-refractivity contribution in [1.29, 1.82) is 0 Å². The summed E-state index contributed by atoms with van der Waals surface area (Å²) in [4.78, 5) is 12.2. The van der Waals surface area contributed by atoms with Gasteiger partial charge in [-0.1, -0.05) is 30.3 Å². The molecule has 1 aromatic carbocycles. The highest BCUT2D eigenvalue weighted by Crippen LogP contribution is 2.28. The molecule has 168 valence electrons. The minimum Gasteiger partial charge on any atom is -0.373 e. The van der Waals surface area contributed by atoms with E-state index in [0.29, 0.717) is 12.1 Å². The van der Waals surface area contributed by atoms with Crippen LogP contribution < -0.4 is 5.32 Å². The average molecular weight is 527 g/mol. The third kappa shape index (κ3) is 5.87. The molecule has 6 nitrogen and oxygen atoms in total. The van der Waals surface area contributed by atoms with Gasteiger partial charge in [0.1, 0.15) is 0 Å².